The molecular weight excluding hydrogens is 474 g/mol. The van der Waals surface area contributed by atoms with Crippen molar-refractivity contribution in [1.82, 2.24) is 4.98 Å². The number of fused-ring (bicyclic) bond motifs is 1. The molecule has 0 atom stereocenters. The lowest BCUT2D eigenvalue weighted by atomic mass is 9.87. The van der Waals surface area contributed by atoms with Crippen LogP contribution in [0.5, 0.6) is 5.75 Å². The Kier molecular flexibility index (Phi) is 5.91. The normalized spacial score (nSPS) is 13.7. The number of rotatable bonds is 5. The highest BCUT2D eigenvalue weighted by Gasteiger charge is 2.39. The average molecular weight is 498 g/mol. The minimum Gasteiger partial charge on any atom is -0.493 e. The minimum atomic E-state index is -3.98. The van der Waals surface area contributed by atoms with Gasteiger partial charge in [-0.3, -0.25) is 14.4 Å². The van der Waals surface area contributed by atoms with Crippen molar-refractivity contribution >= 4 is 44.7 Å². The maximum atomic E-state index is 13.5. The summed E-state index contributed by atoms with van der Waals surface area (Å²) in [6.07, 6.45) is 1.52. The number of hydrogen-bond acceptors (Lipinski definition) is 5. The standard InChI is InChI=1S/C25H24ClN3O4S/c1-15-21-18(26)12-13-19(22(21)24(30)29(15)23-20(33-5)7-6-14-27-23)28-34(31,32)17-10-8-16(9-11-17)25(2,3)4/h6-14,28H,1H2,2-5H3. The second-order valence-electron chi connectivity index (χ2n) is 8.84. The third-order valence-corrected chi connectivity index (χ3v) is 7.28. The number of aromatic nitrogens is 1. The number of ether oxygens (including phenoxy) is 1. The fourth-order valence-electron chi connectivity index (χ4n) is 3.78. The summed E-state index contributed by atoms with van der Waals surface area (Å²) >= 11 is 6.41. The number of nitrogens with one attached hydrogen (secondary N) is 1. The van der Waals surface area contributed by atoms with Crippen molar-refractivity contribution in [3.63, 3.8) is 0 Å². The number of halogens is 1. The van der Waals surface area contributed by atoms with Crippen LogP contribution in [0.1, 0.15) is 42.3 Å². The number of anilines is 2. The second-order valence-corrected chi connectivity index (χ2v) is 10.9. The van der Waals surface area contributed by atoms with E-state index in [1.165, 1.54) is 30.3 Å². The SMILES string of the molecule is C=C1c2c(Cl)ccc(NS(=O)(=O)c3ccc(C(C)(C)C)cc3)c2C(=O)N1c1ncccc1OC. The van der Waals surface area contributed by atoms with E-state index in [2.05, 4.69) is 16.3 Å². The number of amides is 1. The van der Waals surface area contributed by atoms with E-state index in [0.717, 1.165) is 5.56 Å². The molecule has 4 rings (SSSR count). The molecule has 2 aromatic carbocycles. The molecule has 0 unspecified atom stereocenters. The van der Waals surface area contributed by atoms with Gasteiger partial charge in [0.15, 0.2) is 11.6 Å². The van der Waals surface area contributed by atoms with Gasteiger partial charge in [0.2, 0.25) is 0 Å². The van der Waals surface area contributed by atoms with E-state index >= 15 is 0 Å². The van der Waals surface area contributed by atoms with E-state index in [1.54, 1.807) is 36.4 Å². The van der Waals surface area contributed by atoms with Crippen molar-refractivity contribution in [3.8, 4) is 5.75 Å². The molecule has 1 aromatic heterocycles. The average Bonchev–Trinajstić information content (AvgIpc) is 3.06. The number of benzene rings is 2. The molecule has 0 saturated heterocycles. The smallest absolute Gasteiger partial charge is 0.267 e. The molecule has 1 aliphatic rings. The lowest BCUT2D eigenvalue weighted by Gasteiger charge is -2.19. The zero-order valence-corrected chi connectivity index (χ0v) is 20.8. The van der Waals surface area contributed by atoms with E-state index in [4.69, 9.17) is 16.3 Å². The predicted molar refractivity (Wildman–Crippen MR) is 134 cm³/mol. The van der Waals surface area contributed by atoms with Crippen molar-refractivity contribution in [3.05, 3.63) is 83.0 Å². The van der Waals surface area contributed by atoms with Crippen LogP contribution in [0.25, 0.3) is 5.70 Å². The molecule has 1 aliphatic heterocycles. The highest BCUT2D eigenvalue weighted by atomic mass is 35.5. The fourth-order valence-corrected chi connectivity index (χ4v) is 5.12. The van der Waals surface area contributed by atoms with E-state index in [-0.39, 0.29) is 38.1 Å². The molecule has 2 heterocycles. The number of hydrogen-bond donors (Lipinski definition) is 1. The van der Waals surface area contributed by atoms with E-state index in [0.29, 0.717) is 11.3 Å². The molecule has 0 radical (unpaired) electrons. The van der Waals surface area contributed by atoms with Crippen LogP contribution in [-0.4, -0.2) is 26.4 Å². The summed E-state index contributed by atoms with van der Waals surface area (Å²) in [6.45, 7) is 10.2. The second kappa shape index (κ2) is 8.45. The Morgan fingerprint density at radius 2 is 1.74 bits per heavy atom. The Morgan fingerprint density at radius 1 is 1.06 bits per heavy atom. The molecule has 34 heavy (non-hydrogen) atoms. The first-order valence-electron chi connectivity index (χ1n) is 10.4. The van der Waals surface area contributed by atoms with Gasteiger partial charge in [-0.25, -0.2) is 13.4 Å². The summed E-state index contributed by atoms with van der Waals surface area (Å²) in [6, 6.07) is 13.0. The summed E-state index contributed by atoms with van der Waals surface area (Å²) in [4.78, 5) is 19.1. The van der Waals surface area contributed by atoms with Crippen LogP contribution in [0.3, 0.4) is 0 Å². The summed E-state index contributed by atoms with van der Waals surface area (Å²) in [5.74, 6) is 0.0844. The maximum absolute atomic E-state index is 13.5. The first-order valence-corrected chi connectivity index (χ1v) is 12.3. The number of pyridine rings is 1. The van der Waals surface area contributed by atoms with Gasteiger partial charge in [-0.05, 0) is 47.4 Å². The first-order chi connectivity index (χ1) is 16.0. The number of sulfonamides is 1. The Balaban J connectivity index is 1.75. The largest absolute Gasteiger partial charge is 0.493 e. The molecule has 3 aromatic rings. The van der Waals surface area contributed by atoms with Crippen molar-refractivity contribution in [2.45, 2.75) is 31.1 Å². The number of nitrogens with zero attached hydrogens (tertiary/aromatic N) is 2. The van der Waals surface area contributed by atoms with Gasteiger partial charge in [-0.1, -0.05) is 51.1 Å². The summed E-state index contributed by atoms with van der Waals surface area (Å²) in [5.41, 5.74) is 1.70. The van der Waals surface area contributed by atoms with Crippen LogP contribution in [0.4, 0.5) is 11.5 Å². The van der Waals surface area contributed by atoms with Crippen molar-refractivity contribution in [2.75, 3.05) is 16.7 Å². The molecule has 1 N–H and O–H groups in total. The van der Waals surface area contributed by atoms with Gasteiger partial charge in [0.25, 0.3) is 15.9 Å². The van der Waals surface area contributed by atoms with Crippen molar-refractivity contribution in [1.29, 1.82) is 0 Å². The zero-order chi connectivity index (χ0) is 24.8. The van der Waals surface area contributed by atoms with Crippen LogP contribution in [0, 0.1) is 0 Å². The fraction of sp³-hybridized carbons (Fsp3) is 0.200. The molecule has 0 saturated carbocycles. The molecule has 9 heteroatoms. The summed E-state index contributed by atoms with van der Waals surface area (Å²) in [7, 11) is -2.51. The number of carbonyl (C=O) groups excluding carboxylic acids is 1. The maximum Gasteiger partial charge on any atom is 0.267 e. The molecule has 0 fully saturated rings. The van der Waals surface area contributed by atoms with Crippen LogP contribution in [-0.2, 0) is 15.4 Å². The molecule has 7 nitrogen and oxygen atoms in total. The third kappa shape index (κ3) is 4.03. The van der Waals surface area contributed by atoms with Gasteiger partial charge in [-0.15, -0.1) is 0 Å². The zero-order valence-electron chi connectivity index (χ0n) is 19.2. The Morgan fingerprint density at radius 3 is 2.35 bits per heavy atom. The Bertz CT molecular complexity index is 1410. The van der Waals surface area contributed by atoms with Crippen LogP contribution in [0.15, 0.2) is 66.2 Å². The number of methoxy groups -OCH3 is 1. The lowest BCUT2D eigenvalue weighted by Crippen LogP contribution is -2.24. The third-order valence-electron chi connectivity index (χ3n) is 5.59. The topological polar surface area (TPSA) is 88.6 Å². The first kappa shape index (κ1) is 23.8. The van der Waals surface area contributed by atoms with E-state index in [1.807, 2.05) is 20.8 Å². The van der Waals surface area contributed by atoms with Gasteiger partial charge in [-0.2, -0.15) is 0 Å². The highest BCUT2D eigenvalue weighted by molar-refractivity contribution is 7.92. The van der Waals surface area contributed by atoms with Gasteiger partial charge < -0.3 is 4.74 Å². The van der Waals surface area contributed by atoms with Crippen LogP contribution < -0.4 is 14.4 Å². The predicted octanol–water partition coefficient (Wildman–Crippen LogP) is 5.47. The number of carbonyl (C=O) groups is 1. The monoisotopic (exact) mass is 497 g/mol. The van der Waals surface area contributed by atoms with Gasteiger partial charge >= 0.3 is 0 Å². The minimum absolute atomic E-state index is 0.0803. The Hall–Kier alpha value is -3.36. The molecule has 1 amide bonds. The molecule has 176 valence electrons. The summed E-state index contributed by atoms with van der Waals surface area (Å²) in [5, 5.41) is 0.267. The van der Waals surface area contributed by atoms with Crippen LogP contribution >= 0.6 is 11.6 Å². The van der Waals surface area contributed by atoms with E-state index in [9.17, 15) is 13.2 Å². The van der Waals surface area contributed by atoms with Gasteiger partial charge in [0, 0.05) is 11.8 Å². The molecule has 0 spiro atoms. The van der Waals surface area contributed by atoms with Gasteiger partial charge in [0.05, 0.1) is 34.0 Å². The Labute approximate surface area is 204 Å². The quantitative estimate of drug-likeness (QED) is 0.504. The lowest BCUT2D eigenvalue weighted by molar-refractivity contribution is 0.101. The van der Waals surface area contributed by atoms with E-state index < -0.39 is 15.9 Å². The molecule has 0 bridgehead atoms. The molecular formula is C25H24ClN3O4S. The van der Waals surface area contributed by atoms with Crippen molar-refractivity contribution in [2.24, 2.45) is 0 Å². The molecule has 0 aliphatic carbocycles. The van der Waals surface area contributed by atoms with Crippen molar-refractivity contribution < 1.29 is 17.9 Å². The highest BCUT2D eigenvalue weighted by Crippen LogP contribution is 2.44. The summed E-state index contributed by atoms with van der Waals surface area (Å²) < 4.78 is 34.2. The van der Waals surface area contributed by atoms with Gasteiger partial charge in [0.1, 0.15) is 0 Å². The van der Waals surface area contributed by atoms with Crippen LogP contribution in [0.2, 0.25) is 5.02 Å².